The van der Waals surface area contributed by atoms with Gasteiger partial charge in [0.05, 0.1) is 23.6 Å². The molecule has 0 spiro atoms. The fourth-order valence-electron chi connectivity index (χ4n) is 2.89. The van der Waals surface area contributed by atoms with Gasteiger partial charge in [0.1, 0.15) is 5.75 Å². The van der Waals surface area contributed by atoms with E-state index in [0.29, 0.717) is 18.7 Å². The van der Waals surface area contributed by atoms with Crippen molar-refractivity contribution < 1.29 is 22.7 Å². The SMILES string of the molecule is COc1ccc(CNC(=O)C(=O)Nc2ccc(Cl)c(N3CCCS3(=O)=O)c2)cc1. The van der Waals surface area contributed by atoms with Crippen LogP contribution in [0.3, 0.4) is 0 Å². The van der Waals surface area contributed by atoms with E-state index in [1.165, 1.54) is 22.5 Å². The van der Waals surface area contributed by atoms with E-state index in [-0.39, 0.29) is 28.7 Å². The van der Waals surface area contributed by atoms with E-state index in [2.05, 4.69) is 10.6 Å². The molecule has 2 amide bonds. The van der Waals surface area contributed by atoms with Gasteiger partial charge in [-0.05, 0) is 42.3 Å². The molecule has 0 bridgehead atoms. The van der Waals surface area contributed by atoms with E-state index < -0.39 is 21.8 Å². The molecule has 3 rings (SSSR count). The number of carbonyl (C=O) groups excluding carboxylic acids is 2. The number of nitrogens with one attached hydrogen (secondary N) is 2. The zero-order valence-electron chi connectivity index (χ0n) is 15.6. The summed E-state index contributed by atoms with van der Waals surface area (Å²) in [6, 6.07) is 11.5. The molecule has 2 aromatic carbocycles. The van der Waals surface area contributed by atoms with E-state index in [0.717, 1.165) is 5.56 Å². The number of carbonyl (C=O) groups is 2. The Morgan fingerprint density at radius 3 is 2.48 bits per heavy atom. The van der Waals surface area contributed by atoms with Crippen LogP contribution in [0.15, 0.2) is 42.5 Å². The Kier molecular flexibility index (Phi) is 6.29. The molecule has 1 aliphatic rings. The maximum Gasteiger partial charge on any atom is 0.313 e. The molecule has 1 heterocycles. The average molecular weight is 438 g/mol. The second kappa shape index (κ2) is 8.71. The quantitative estimate of drug-likeness (QED) is 0.697. The molecule has 0 unspecified atom stereocenters. The Balaban J connectivity index is 1.63. The standard InChI is InChI=1S/C19H20ClN3O5S/c1-28-15-6-3-13(4-7-15)12-21-18(24)19(25)22-14-5-8-16(20)17(11-14)23-9-2-10-29(23,26)27/h3-8,11H,2,9-10,12H2,1H3,(H,21,24)(H,22,25). The van der Waals surface area contributed by atoms with Gasteiger partial charge in [-0.2, -0.15) is 0 Å². The van der Waals surface area contributed by atoms with Crippen molar-refractivity contribution in [2.45, 2.75) is 13.0 Å². The second-order valence-electron chi connectivity index (χ2n) is 6.39. The van der Waals surface area contributed by atoms with Gasteiger partial charge < -0.3 is 15.4 Å². The first kappa shape index (κ1) is 20.9. The fourth-order valence-corrected chi connectivity index (χ4v) is 4.73. The number of benzene rings is 2. The van der Waals surface area contributed by atoms with Crippen molar-refractivity contribution in [3.8, 4) is 5.75 Å². The fraction of sp³-hybridized carbons (Fsp3) is 0.263. The highest BCUT2D eigenvalue weighted by molar-refractivity contribution is 7.93. The summed E-state index contributed by atoms with van der Waals surface area (Å²) in [4.78, 5) is 24.2. The monoisotopic (exact) mass is 437 g/mol. The van der Waals surface area contributed by atoms with Gasteiger partial charge in [-0.15, -0.1) is 0 Å². The molecule has 8 nitrogen and oxygen atoms in total. The van der Waals surface area contributed by atoms with Crippen LogP contribution in [0.1, 0.15) is 12.0 Å². The normalized spacial score (nSPS) is 15.0. The number of anilines is 2. The lowest BCUT2D eigenvalue weighted by Crippen LogP contribution is -2.35. The molecule has 29 heavy (non-hydrogen) atoms. The van der Waals surface area contributed by atoms with Gasteiger partial charge >= 0.3 is 11.8 Å². The Labute approximate surface area is 173 Å². The minimum absolute atomic E-state index is 0.0493. The van der Waals surface area contributed by atoms with Gasteiger partial charge in [0.15, 0.2) is 0 Å². The first-order valence-corrected chi connectivity index (χ1v) is 10.8. The molecule has 10 heteroatoms. The summed E-state index contributed by atoms with van der Waals surface area (Å²) in [5.41, 5.74) is 1.36. The van der Waals surface area contributed by atoms with Gasteiger partial charge in [-0.1, -0.05) is 23.7 Å². The Hall–Kier alpha value is -2.78. The number of amides is 2. The summed E-state index contributed by atoms with van der Waals surface area (Å²) in [7, 11) is -1.86. The topological polar surface area (TPSA) is 105 Å². The molecule has 1 aliphatic heterocycles. The van der Waals surface area contributed by atoms with Crippen LogP contribution < -0.4 is 19.7 Å². The van der Waals surface area contributed by atoms with Crippen LogP contribution in [-0.4, -0.2) is 39.6 Å². The largest absolute Gasteiger partial charge is 0.497 e. The van der Waals surface area contributed by atoms with Crippen molar-refractivity contribution in [3.63, 3.8) is 0 Å². The molecule has 0 saturated carbocycles. The summed E-state index contributed by atoms with van der Waals surface area (Å²) >= 11 is 6.13. The molecule has 154 valence electrons. The van der Waals surface area contributed by atoms with Crippen LogP contribution in [0.4, 0.5) is 11.4 Å². The van der Waals surface area contributed by atoms with Crippen molar-refractivity contribution in [2.24, 2.45) is 0 Å². The van der Waals surface area contributed by atoms with E-state index in [1.54, 1.807) is 31.4 Å². The van der Waals surface area contributed by atoms with Gasteiger partial charge in [0, 0.05) is 18.8 Å². The molecular weight excluding hydrogens is 418 g/mol. The van der Waals surface area contributed by atoms with Crippen molar-refractivity contribution in [2.75, 3.05) is 29.0 Å². The van der Waals surface area contributed by atoms with Crippen LogP contribution in [0.5, 0.6) is 5.75 Å². The molecule has 0 atom stereocenters. The smallest absolute Gasteiger partial charge is 0.313 e. The first-order valence-electron chi connectivity index (χ1n) is 8.82. The number of hydrogen-bond acceptors (Lipinski definition) is 5. The highest BCUT2D eigenvalue weighted by Gasteiger charge is 2.30. The third-order valence-corrected chi connectivity index (χ3v) is 6.57. The zero-order valence-corrected chi connectivity index (χ0v) is 17.2. The highest BCUT2D eigenvalue weighted by Crippen LogP contribution is 2.33. The van der Waals surface area contributed by atoms with Gasteiger partial charge in [0.25, 0.3) is 0 Å². The maximum atomic E-state index is 12.2. The van der Waals surface area contributed by atoms with Crippen LogP contribution >= 0.6 is 11.6 Å². The molecule has 0 aromatic heterocycles. The lowest BCUT2D eigenvalue weighted by atomic mass is 10.2. The van der Waals surface area contributed by atoms with Crippen LogP contribution in [-0.2, 0) is 26.2 Å². The van der Waals surface area contributed by atoms with Gasteiger partial charge in [-0.3, -0.25) is 13.9 Å². The maximum absolute atomic E-state index is 12.2. The van der Waals surface area contributed by atoms with Crippen molar-refractivity contribution in [1.82, 2.24) is 5.32 Å². The number of rotatable bonds is 5. The Morgan fingerprint density at radius 2 is 1.86 bits per heavy atom. The number of halogens is 1. The van der Waals surface area contributed by atoms with Crippen LogP contribution in [0.2, 0.25) is 5.02 Å². The third-order valence-electron chi connectivity index (χ3n) is 4.39. The third kappa shape index (κ3) is 4.99. The molecule has 1 saturated heterocycles. The Morgan fingerprint density at radius 1 is 1.14 bits per heavy atom. The number of nitrogens with zero attached hydrogens (tertiary/aromatic N) is 1. The minimum atomic E-state index is -3.42. The number of methoxy groups -OCH3 is 1. The van der Waals surface area contributed by atoms with E-state index >= 15 is 0 Å². The molecule has 2 aromatic rings. The lowest BCUT2D eigenvalue weighted by Gasteiger charge is -2.19. The van der Waals surface area contributed by atoms with Crippen molar-refractivity contribution in [1.29, 1.82) is 0 Å². The molecule has 1 fully saturated rings. The molecule has 0 aliphatic carbocycles. The second-order valence-corrected chi connectivity index (χ2v) is 8.81. The summed E-state index contributed by atoms with van der Waals surface area (Å²) < 4.78 is 30.5. The Bertz CT molecular complexity index is 1020. The molecule has 2 N–H and O–H groups in total. The van der Waals surface area contributed by atoms with Crippen molar-refractivity contribution in [3.05, 3.63) is 53.1 Å². The molecule has 0 radical (unpaired) electrons. The summed E-state index contributed by atoms with van der Waals surface area (Å²) in [5, 5.41) is 5.24. The lowest BCUT2D eigenvalue weighted by molar-refractivity contribution is -0.136. The average Bonchev–Trinajstić information content (AvgIpc) is 3.06. The van der Waals surface area contributed by atoms with Gasteiger partial charge in [-0.25, -0.2) is 8.42 Å². The first-order chi connectivity index (χ1) is 13.8. The number of hydrogen-bond donors (Lipinski definition) is 2. The van der Waals surface area contributed by atoms with E-state index in [1.807, 2.05) is 0 Å². The van der Waals surface area contributed by atoms with Crippen LogP contribution in [0, 0.1) is 0 Å². The highest BCUT2D eigenvalue weighted by atomic mass is 35.5. The van der Waals surface area contributed by atoms with Gasteiger partial charge in [0.2, 0.25) is 10.0 Å². The number of ether oxygens (including phenoxy) is 1. The van der Waals surface area contributed by atoms with Crippen LogP contribution in [0.25, 0.3) is 0 Å². The zero-order chi connectivity index (χ0) is 21.0. The minimum Gasteiger partial charge on any atom is -0.497 e. The molecular formula is C19H20ClN3O5S. The van der Waals surface area contributed by atoms with E-state index in [4.69, 9.17) is 16.3 Å². The predicted octanol–water partition coefficient (Wildman–Crippen LogP) is 2.14. The van der Waals surface area contributed by atoms with E-state index in [9.17, 15) is 18.0 Å². The summed E-state index contributed by atoms with van der Waals surface area (Å²) in [6.07, 6.45) is 0.503. The van der Waals surface area contributed by atoms with Crippen molar-refractivity contribution >= 4 is 44.8 Å². The number of sulfonamides is 1. The summed E-state index contributed by atoms with van der Waals surface area (Å²) in [6.45, 7) is 0.496. The summed E-state index contributed by atoms with van der Waals surface area (Å²) in [5.74, 6) is -0.938. The predicted molar refractivity (Wildman–Crippen MR) is 111 cm³/mol.